The highest BCUT2D eigenvalue weighted by Crippen LogP contribution is 2.32. The molecule has 1 saturated heterocycles. The SMILES string of the molecule is S=C(Nc1cccc(Cl)c1Cl)Nc1ccc(N2CCOCC2)c2nonc12. The van der Waals surface area contributed by atoms with Gasteiger partial charge in [0.25, 0.3) is 0 Å². The van der Waals surface area contributed by atoms with Crippen molar-refractivity contribution in [1.29, 1.82) is 0 Å². The summed E-state index contributed by atoms with van der Waals surface area (Å²) in [4.78, 5) is 2.20. The molecule has 2 aromatic carbocycles. The molecule has 1 aromatic heterocycles. The Morgan fingerprint density at radius 1 is 1.00 bits per heavy atom. The molecule has 1 aliphatic rings. The van der Waals surface area contributed by atoms with Crippen LogP contribution in [0.1, 0.15) is 0 Å². The van der Waals surface area contributed by atoms with Crippen LogP contribution in [0.2, 0.25) is 10.0 Å². The average molecular weight is 424 g/mol. The van der Waals surface area contributed by atoms with Gasteiger partial charge in [0.1, 0.15) is 0 Å². The Morgan fingerprint density at radius 2 is 1.74 bits per heavy atom. The molecule has 0 atom stereocenters. The van der Waals surface area contributed by atoms with Crippen LogP contribution in [0.3, 0.4) is 0 Å². The lowest BCUT2D eigenvalue weighted by atomic mass is 10.2. The Kier molecular flexibility index (Phi) is 5.31. The van der Waals surface area contributed by atoms with Gasteiger partial charge in [0.05, 0.1) is 40.3 Å². The van der Waals surface area contributed by atoms with Crippen LogP contribution in [0.15, 0.2) is 35.0 Å². The number of morpholine rings is 1. The molecule has 7 nitrogen and oxygen atoms in total. The van der Waals surface area contributed by atoms with E-state index in [-0.39, 0.29) is 0 Å². The molecule has 0 amide bonds. The van der Waals surface area contributed by atoms with Crippen LogP contribution in [0, 0.1) is 0 Å². The van der Waals surface area contributed by atoms with Gasteiger partial charge in [-0.15, -0.1) is 0 Å². The van der Waals surface area contributed by atoms with E-state index in [1.807, 2.05) is 12.1 Å². The van der Waals surface area contributed by atoms with Crippen LogP contribution < -0.4 is 15.5 Å². The number of hydrogen-bond donors (Lipinski definition) is 2. The number of nitrogens with one attached hydrogen (secondary N) is 2. The van der Waals surface area contributed by atoms with Crippen molar-refractivity contribution in [3.63, 3.8) is 0 Å². The molecule has 0 bridgehead atoms. The van der Waals surface area contributed by atoms with Crippen LogP contribution in [-0.4, -0.2) is 41.7 Å². The Hall–Kier alpha value is -2.13. The predicted octanol–water partition coefficient (Wildman–Crippen LogP) is 4.18. The second-order valence-electron chi connectivity index (χ2n) is 5.87. The van der Waals surface area contributed by atoms with Gasteiger partial charge in [0.2, 0.25) is 0 Å². The lowest BCUT2D eigenvalue weighted by molar-refractivity contribution is 0.123. The van der Waals surface area contributed by atoms with E-state index in [2.05, 4.69) is 25.8 Å². The number of rotatable bonds is 3. The summed E-state index contributed by atoms with van der Waals surface area (Å²) in [5.41, 5.74) is 3.52. The molecule has 1 aliphatic heterocycles. The normalized spacial score (nSPS) is 14.4. The van der Waals surface area contributed by atoms with E-state index in [4.69, 9.17) is 44.8 Å². The van der Waals surface area contributed by atoms with E-state index in [0.717, 1.165) is 18.8 Å². The number of thiocarbonyl (C=S) groups is 1. The van der Waals surface area contributed by atoms with Crippen molar-refractivity contribution < 1.29 is 9.37 Å². The molecule has 2 N–H and O–H groups in total. The molecular weight excluding hydrogens is 409 g/mol. The summed E-state index contributed by atoms with van der Waals surface area (Å²) in [5.74, 6) is 0. The molecule has 0 unspecified atom stereocenters. The van der Waals surface area contributed by atoms with E-state index in [1.165, 1.54) is 0 Å². The Labute approximate surface area is 170 Å². The van der Waals surface area contributed by atoms with Crippen molar-refractivity contribution in [2.75, 3.05) is 41.8 Å². The van der Waals surface area contributed by atoms with E-state index in [9.17, 15) is 0 Å². The summed E-state index contributed by atoms with van der Waals surface area (Å²) in [6.45, 7) is 2.95. The fourth-order valence-electron chi connectivity index (χ4n) is 2.89. The number of anilines is 3. The maximum absolute atomic E-state index is 6.19. The average Bonchev–Trinajstić information content (AvgIpc) is 3.17. The minimum Gasteiger partial charge on any atom is -0.378 e. The van der Waals surface area contributed by atoms with E-state index >= 15 is 0 Å². The molecule has 0 aliphatic carbocycles. The van der Waals surface area contributed by atoms with Gasteiger partial charge >= 0.3 is 0 Å². The van der Waals surface area contributed by atoms with Crippen LogP contribution in [0.25, 0.3) is 11.0 Å². The Bertz CT molecular complexity index is 991. The largest absolute Gasteiger partial charge is 0.378 e. The van der Waals surface area contributed by atoms with E-state index in [1.54, 1.807) is 18.2 Å². The summed E-state index contributed by atoms with van der Waals surface area (Å²) >= 11 is 17.6. The molecular formula is C17H15Cl2N5O2S. The summed E-state index contributed by atoms with van der Waals surface area (Å²) in [6.07, 6.45) is 0. The molecule has 1 fully saturated rings. The first-order chi connectivity index (χ1) is 13.1. The van der Waals surface area contributed by atoms with Crippen LogP contribution in [0.4, 0.5) is 17.1 Å². The fraction of sp³-hybridized carbons (Fsp3) is 0.235. The van der Waals surface area contributed by atoms with E-state index < -0.39 is 0 Å². The number of nitrogens with zero attached hydrogens (tertiary/aromatic N) is 3. The van der Waals surface area contributed by atoms with Crippen molar-refractivity contribution in [3.8, 4) is 0 Å². The maximum atomic E-state index is 6.19. The van der Waals surface area contributed by atoms with Crippen molar-refractivity contribution in [2.24, 2.45) is 0 Å². The molecule has 27 heavy (non-hydrogen) atoms. The summed E-state index contributed by atoms with van der Waals surface area (Å²) < 4.78 is 10.4. The van der Waals surface area contributed by atoms with Gasteiger partial charge in [-0.1, -0.05) is 29.3 Å². The lowest BCUT2D eigenvalue weighted by Gasteiger charge is -2.28. The van der Waals surface area contributed by atoms with Crippen molar-refractivity contribution in [3.05, 3.63) is 40.4 Å². The third-order valence-corrected chi connectivity index (χ3v) is 5.22. The highest BCUT2D eigenvalue weighted by Gasteiger charge is 2.19. The van der Waals surface area contributed by atoms with Gasteiger partial charge in [-0.25, -0.2) is 4.63 Å². The number of aromatic nitrogens is 2. The van der Waals surface area contributed by atoms with Gasteiger partial charge in [-0.2, -0.15) is 0 Å². The predicted molar refractivity (Wildman–Crippen MR) is 111 cm³/mol. The summed E-state index contributed by atoms with van der Waals surface area (Å²) in [7, 11) is 0. The third-order valence-electron chi connectivity index (χ3n) is 4.19. The Balaban J connectivity index is 1.56. The minimum atomic E-state index is 0.350. The highest BCUT2D eigenvalue weighted by atomic mass is 35.5. The first kappa shape index (κ1) is 18.2. The molecule has 0 radical (unpaired) electrons. The number of ether oxygens (including phenoxy) is 1. The molecule has 0 saturated carbocycles. The molecule has 4 rings (SSSR count). The van der Waals surface area contributed by atoms with Crippen molar-refractivity contribution in [2.45, 2.75) is 0 Å². The van der Waals surface area contributed by atoms with Crippen LogP contribution in [0.5, 0.6) is 0 Å². The molecule has 0 spiro atoms. The number of benzene rings is 2. The van der Waals surface area contributed by atoms with Crippen molar-refractivity contribution in [1.82, 2.24) is 10.3 Å². The second-order valence-corrected chi connectivity index (χ2v) is 7.07. The Morgan fingerprint density at radius 3 is 2.56 bits per heavy atom. The topological polar surface area (TPSA) is 75.5 Å². The van der Waals surface area contributed by atoms with Crippen molar-refractivity contribution >= 4 is 68.6 Å². The molecule has 140 valence electrons. The first-order valence-corrected chi connectivity index (χ1v) is 9.40. The van der Waals surface area contributed by atoms with Gasteiger partial charge in [0.15, 0.2) is 16.1 Å². The minimum absolute atomic E-state index is 0.350. The van der Waals surface area contributed by atoms with Crippen LogP contribution >= 0.6 is 35.4 Å². The van der Waals surface area contributed by atoms with Crippen LogP contribution in [-0.2, 0) is 4.74 Å². The molecule has 3 aromatic rings. The lowest BCUT2D eigenvalue weighted by Crippen LogP contribution is -2.36. The highest BCUT2D eigenvalue weighted by molar-refractivity contribution is 7.80. The zero-order valence-corrected chi connectivity index (χ0v) is 16.4. The number of fused-ring (bicyclic) bond motifs is 1. The monoisotopic (exact) mass is 423 g/mol. The maximum Gasteiger partial charge on any atom is 0.175 e. The number of hydrogen-bond acceptors (Lipinski definition) is 6. The first-order valence-electron chi connectivity index (χ1n) is 8.23. The fourth-order valence-corrected chi connectivity index (χ4v) is 3.46. The zero-order valence-electron chi connectivity index (χ0n) is 14.0. The zero-order chi connectivity index (χ0) is 18.8. The molecule has 2 heterocycles. The summed E-state index contributed by atoms with van der Waals surface area (Å²) in [5, 5.41) is 15.4. The second kappa shape index (κ2) is 7.85. The standard InChI is InChI=1S/C17H15Cl2N5O2S/c18-10-2-1-3-11(14(10)19)20-17(27)21-12-4-5-13(16-15(12)22-26-23-16)24-6-8-25-9-7-24/h1-5H,6-9H2,(H2,20,21,27). The van der Waals surface area contributed by atoms with Gasteiger partial charge in [0, 0.05) is 13.1 Å². The van der Waals surface area contributed by atoms with Gasteiger partial charge in [-0.05, 0) is 46.8 Å². The van der Waals surface area contributed by atoms with Gasteiger partial charge < -0.3 is 20.3 Å². The smallest absolute Gasteiger partial charge is 0.175 e. The van der Waals surface area contributed by atoms with E-state index in [0.29, 0.717) is 50.8 Å². The quantitative estimate of drug-likeness (QED) is 0.607. The van der Waals surface area contributed by atoms with Gasteiger partial charge in [-0.3, -0.25) is 0 Å². The molecule has 10 heteroatoms. The number of halogens is 2. The third kappa shape index (κ3) is 3.79. The summed E-state index contributed by atoms with van der Waals surface area (Å²) in [6, 6.07) is 9.15.